The molecule has 84 valence electrons. The minimum absolute atomic E-state index is 0.662. The van der Waals surface area contributed by atoms with Crippen LogP contribution in [0.1, 0.15) is 0 Å². The summed E-state index contributed by atoms with van der Waals surface area (Å²) in [7, 11) is 0. The summed E-state index contributed by atoms with van der Waals surface area (Å²) in [5.41, 5.74) is 6.36. The van der Waals surface area contributed by atoms with Crippen LogP contribution in [0.3, 0.4) is 0 Å². The first-order valence-electron chi connectivity index (χ1n) is 5.36. The Kier molecular flexibility index (Phi) is 2.42. The monoisotopic (exact) mass is 241 g/mol. The van der Waals surface area contributed by atoms with Crippen LogP contribution in [0.5, 0.6) is 0 Å². The molecule has 17 heavy (non-hydrogen) atoms. The van der Waals surface area contributed by atoms with Crippen LogP contribution in [-0.4, -0.2) is 9.66 Å². The third-order valence-corrected chi connectivity index (χ3v) is 2.89. The molecule has 0 spiro atoms. The Morgan fingerprint density at radius 2 is 1.65 bits per heavy atom. The molecule has 3 aromatic rings. The van der Waals surface area contributed by atoms with Crippen molar-refractivity contribution in [2.75, 3.05) is 5.43 Å². The number of fused-ring (bicyclic) bond motifs is 1. The van der Waals surface area contributed by atoms with Crippen LogP contribution in [0.4, 0.5) is 5.69 Å². The van der Waals surface area contributed by atoms with Crippen LogP contribution in [0.25, 0.3) is 11.0 Å². The predicted octanol–water partition coefficient (Wildman–Crippen LogP) is 3.57. The minimum Gasteiger partial charge on any atom is -0.329 e. The van der Waals surface area contributed by atoms with Crippen LogP contribution in [0.15, 0.2) is 54.6 Å². The molecule has 0 atom stereocenters. The molecule has 0 fully saturated rings. The molecule has 3 nitrogen and oxygen atoms in total. The van der Waals surface area contributed by atoms with Gasteiger partial charge in [-0.1, -0.05) is 30.3 Å². The zero-order valence-electron chi connectivity index (χ0n) is 9.05. The van der Waals surface area contributed by atoms with Crippen LogP contribution >= 0.6 is 12.2 Å². The summed E-state index contributed by atoms with van der Waals surface area (Å²) >= 11 is 5.30. The maximum Gasteiger partial charge on any atom is 0.197 e. The van der Waals surface area contributed by atoms with Crippen LogP contribution in [-0.2, 0) is 0 Å². The Hall–Kier alpha value is -2.07. The Labute approximate surface area is 104 Å². The number of H-pyrrole nitrogens is 1. The second-order valence-corrected chi connectivity index (χ2v) is 4.15. The molecule has 2 N–H and O–H groups in total. The second-order valence-electron chi connectivity index (χ2n) is 3.76. The number of aromatic amines is 1. The highest BCUT2D eigenvalue weighted by Gasteiger charge is 2.02. The number of hydrogen-bond acceptors (Lipinski definition) is 2. The van der Waals surface area contributed by atoms with Gasteiger partial charge in [0.1, 0.15) is 0 Å². The summed E-state index contributed by atoms with van der Waals surface area (Å²) in [5, 5.41) is 0. The Bertz CT molecular complexity index is 697. The summed E-state index contributed by atoms with van der Waals surface area (Å²) in [4.78, 5) is 3.16. The number of anilines is 1. The standard InChI is InChI=1S/C13H11N3S/c17-13-14-11-8-4-5-9-12(11)16(13)15-10-6-2-1-3-7-10/h1-9,15H,(H,14,17). The number of aromatic nitrogens is 2. The number of para-hydroxylation sites is 3. The molecule has 0 saturated carbocycles. The lowest BCUT2D eigenvalue weighted by Crippen LogP contribution is -2.08. The maximum absolute atomic E-state index is 5.30. The van der Waals surface area contributed by atoms with Crippen molar-refractivity contribution in [1.82, 2.24) is 9.66 Å². The summed E-state index contributed by atoms with van der Waals surface area (Å²) in [5.74, 6) is 0. The third kappa shape index (κ3) is 1.83. The van der Waals surface area contributed by atoms with Crippen molar-refractivity contribution in [2.45, 2.75) is 0 Å². The number of rotatable bonds is 2. The van der Waals surface area contributed by atoms with Gasteiger partial charge in [-0.15, -0.1) is 0 Å². The largest absolute Gasteiger partial charge is 0.329 e. The lowest BCUT2D eigenvalue weighted by molar-refractivity contribution is 0.967. The molecular formula is C13H11N3S. The van der Waals surface area contributed by atoms with Gasteiger partial charge in [-0.05, 0) is 36.5 Å². The average Bonchev–Trinajstić information content (AvgIpc) is 2.68. The molecule has 2 aromatic carbocycles. The summed E-state index contributed by atoms with van der Waals surface area (Å²) in [6.45, 7) is 0. The van der Waals surface area contributed by atoms with E-state index in [9.17, 15) is 0 Å². The molecule has 0 bridgehead atoms. The highest BCUT2D eigenvalue weighted by Crippen LogP contribution is 2.14. The fourth-order valence-electron chi connectivity index (χ4n) is 1.81. The van der Waals surface area contributed by atoms with E-state index < -0.39 is 0 Å². The lowest BCUT2D eigenvalue weighted by Gasteiger charge is -2.07. The summed E-state index contributed by atoms with van der Waals surface area (Å²) in [6, 6.07) is 18.0. The molecule has 0 aliphatic rings. The van der Waals surface area contributed by atoms with Crippen molar-refractivity contribution in [3.8, 4) is 0 Å². The van der Waals surface area contributed by atoms with Crippen molar-refractivity contribution >= 4 is 28.9 Å². The number of imidazole rings is 1. The summed E-state index contributed by atoms with van der Waals surface area (Å²) < 4.78 is 2.54. The van der Waals surface area contributed by atoms with E-state index in [-0.39, 0.29) is 0 Å². The normalized spacial score (nSPS) is 10.6. The van der Waals surface area contributed by atoms with E-state index in [4.69, 9.17) is 12.2 Å². The van der Waals surface area contributed by atoms with Gasteiger partial charge in [0, 0.05) is 0 Å². The van der Waals surface area contributed by atoms with Crippen LogP contribution in [0, 0.1) is 4.77 Å². The SMILES string of the molecule is S=c1[nH]c2ccccc2n1Nc1ccccc1. The maximum atomic E-state index is 5.30. The second kappa shape index (κ2) is 4.07. The first-order chi connectivity index (χ1) is 8.34. The van der Waals surface area contributed by atoms with E-state index in [1.165, 1.54) is 0 Å². The van der Waals surface area contributed by atoms with E-state index >= 15 is 0 Å². The molecule has 0 aliphatic heterocycles. The summed E-state index contributed by atoms with van der Waals surface area (Å²) in [6.07, 6.45) is 0. The lowest BCUT2D eigenvalue weighted by atomic mass is 10.3. The first-order valence-corrected chi connectivity index (χ1v) is 5.77. The van der Waals surface area contributed by atoms with Crippen molar-refractivity contribution in [3.63, 3.8) is 0 Å². The van der Waals surface area contributed by atoms with Crippen LogP contribution in [0.2, 0.25) is 0 Å². The first kappa shape index (κ1) is 10.1. The van der Waals surface area contributed by atoms with E-state index in [0.29, 0.717) is 4.77 Å². The Morgan fingerprint density at radius 1 is 0.941 bits per heavy atom. The van der Waals surface area contributed by atoms with Gasteiger partial charge >= 0.3 is 0 Å². The molecule has 3 rings (SSSR count). The molecule has 1 heterocycles. The van der Waals surface area contributed by atoms with Crippen molar-refractivity contribution < 1.29 is 0 Å². The highest BCUT2D eigenvalue weighted by molar-refractivity contribution is 7.71. The fourth-order valence-corrected chi connectivity index (χ4v) is 2.06. The highest BCUT2D eigenvalue weighted by atomic mass is 32.1. The Morgan fingerprint density at radius 3 is 2.47 bits per heavy atom. The van der Waals surface area contributed by atoms with Crippen molar-refractivity contribution in [1.29, 1.82) is 0 Å². The topological polar surface area (TPSA) is 32.8 Å². The Balaban J connectivity index is 2.12. The zero-order chi connectivity index (χ0) is 11.7. The molecule has 0 unspecified atom stereocenters. The number of nitrogens with zero attached hydrogens (tertiary/aromatic N) is 1. The zero-order valence-corrected chi connectivity index (χ0v) is 9.87. The molecule has 0 amide bonds. The molecule has 0 saturated heterocycles. The van der Waals surface area contributed by atoms with E-state index in [2.05, 4.69) is 10.4 Å². The molecule has 1 aromatic heterocycles. The molecule has 4 heteroatoms. The van der Waals surface area contributed by atoms with Gasteiger partial charge in [0.05, 0.1) is 16.7 Å². The van der Waals surface area contributed by atoms with Crippen molar-refractivity contribution in [2.24, 2.45) is 0 Å². The van der Waals surface area contributed by atoms with Gasteiger partial charge in [-0.2, -0.15) is 0 Å². The average molecular weight is 241 g/mol. The number of benzene rings is 2. The van der Waals surface area contributed by atoms with Crippen LogP contribution < -0.4 is 5.43 Å². The molecule has 0 aliphatic carbocycles. The van der Waals surface area contributed by atoms with Crippen molar-refractivity contribution in [3.05, 3.63) is 59.4 Å². The molecular weight excluding hydrogens is 230 g/mol. The third-order valence-electron chi connectivity index (χ3n) is 2.60. The fraction of sp³-hybridized carbons (Fsp3) is 0. The number of hydrogen-bond donors (Lipinski definition) is 2. The minimum atomic E-state index is 0.662. The van der Waals surface area contributed by atoms with Gasteiger partial charge in [0.15, 0.2) is 4.77 Å². The van der Waals surface area contributed by atoms with E-state index in [0.717, 1.165) is 16.7 Å². The molecule has 0 radical (unpaired) electrons. The van der Waals surface area contributed by atoms with Gasteiger partial charge in [-0.3, -0.25) is 5.43 Å². The van der Waals surface area contributed by atoms with Gasteiger partial charge in [0.25, 0.3) is 0 Å². The van der Waals surface area contributed by atoms with Gasteiger partial charge < -0.3 is 4.98 Å². The van der Waals surface area contributed by atoms with E-state index in [1.807, 2.05) is 59.3 Å². The van der Waals surface area contributed by atoms with Gasteiger partial charge in [0.2, 0.25) is 0 Å². The predicted molar refractivity (Wildman–Crippen MR) is 72.6 cm³/mol. The quantitative estimate of drug-likeness (QED) is 0.672. The van der Waals surface area contributed by atoms with E-state index in [1.54, 1.807) is 0 Å². The van der Waals surface area contributed by atoms with Gasteiger partial charge in [-0.25, -0.2) is 4.68 Å². The number of nitrogens with one attached hydrogen (secondary N) is 2. The smallest absolute Gasteiger partial charge is 0.197 e.